The average Bonchev–Trinajstić information content (AvgIpc) is 2.54. The van der Waals surface area contributed by atoms with Gasteiger partial charge in [0.1, 0.15) is 0 Å². The standard InChI is InChI=1S/C9H10N2O/c12-9-5-8(6-11-9)7-1-3-10-4-2-7/h1-4,8H,5-6H2,(H,11,12)/t8-/m1/s1. The molecule has 3 heteroatoms. The Morgan fingerprint density at radius 1 is 1.42 bits per heavy atom. The quantitative estimate of drug-likeness (QED) is 0.660. The van der Waals surface area contributed by atoms with Crippen LogP contribution in [0.5, 0.6) is 0 Å². The van der Waals surface area contributed by atoms with E-state index in [0.717, 1.165) is 6.54 Å². The number of nitrogens with zero attached hydrogens (tertiary/aromatic N) is 1. The molecule has 0 bridgehead atoms. The molecule has 0 saturated carbocycles. The van der Waals surface area contributed by atoms with Crippen molar-refractivity contribution in [2.24, 2.45) is 0 Å². The molecular weight excluding hydrogens is 152 g/mol. The van der Waals surface area contributed by atoms with Crippen LogP contribution < -0.4 is 5.32 Å². The van der Waals surface area contributed by atoms with E-state index in [1.165, 1.54) is 5.56 Å². The zero-order chi connectivity index (χ0) is 8.39. The number of amides is 1. The monoisotopic (exact) mass is 162 g/mol. The zero-order valence-electron chi connectivity index (χ0n) is 6.66. The summed E-state index contributed by atoms with van der Waals surface area (Å²) in [6.07, 6.45) is 4.14. The Morgan fingerprint density at radius 3 is 2.75 bits per heavy atom. The van der Waals surface area contributed by atoms with Gasteiger partial charge < -0.3 is 5.32 Å². The molecule has 0 aliphatic carbocycles. The van der Waals surface area contributed by atoms with Gasteiger partial charge in [-0.1, -0.05) is 0 Å². The molecule has 0 aromatic carbocycles. The van der Waals surface area contributed by atoms with Gasteiger partial charge in [0.15, 0.2) is 0 Å². The maximum Gasteiger partial charge on any atom is 0.220 e. The molecule has 1 fully saturated rings. The summed E-state index contributed by atoms with van der Waals surface area (Å²) in [5.41, 5.74) is 1.20. The maximum absolute atomic E-state index is 10.9. The molecule has 2 rings (SSSR count). The minimum Gasteiger partial charge on any atom is -0.355 e. The van der Waals surface area contributed by atoms with Gasteiger partial charge in [-0.15, -0.1) is 0 Å². The maximum atomic E-state index is 10.9. The van der Waals surface area contributed by atoms with Gasteiger partial charge in [0.05, 0.1) is 0 Å². The summed E-state index contributed by atoms with van der Waals surface area (Å²) >= 11 is 0. The predicted molar refractivity (Wildman–Crippen MR) is 44.6 cm³/mol. The highest BCUT2D eigenvalue weighted by Gasteiger charge is 2.22. The average molecular weight is 162 g/mol. The number of hydrogen-bond donors (Lipinski definition) is 1. The van der Waals surface area contributed by atoms with E-state index in [9.17, 15) is 4.79 Å². The number of nitrogens with one attached hydrogen (secondary N) is 1. The molecule has 12 heavy (non-hydrogen) atoms. The van der Waals surface area contributed by atoms with Gasteiger partial charge in [0, 0.05) is 31.3 Å². The second kappa shape index (κ2) is 2.93. The Balaban J connectivity index is 2.16. The van der Waals surface area contributed by atoms with E-state index in [4.69, 9.17) is 0 Å². The minimum absolute atomic E-state index is 0.150. The molecule has 1 saturated heterocycles. The lowest BCUT2D eigenvalue weighted by molar-refractivity contribution is -0.119. The summed E-state index contributed by atoms with van der Waals surface area (Å²) in [6, 6.07) is 3.93. The van der Waals surface area contributed by atoms with Crippen LogP contribution in [0.15, 0.2) is 24.5 Å². The fourth-order valence-corrected chi connectivity index (χ4v) is 1.48. The SMILES string of the molecule is O=C1C[C@@H](c2ccncc2)CN1. The van der Waals surface area contributed by atoms with E-state index in [1.54, 1.807) is 12.4 Å². The van der Waals surface area contributed by atoms with Crippen molar-refractivity contribution >= 4 is 5.91 Å². The highest BCUT2D eigenvalue weighted by Crippen LogP contribution is 2.21. The summed E-state index contributed by atoms with van der Waals surface area (Å²) in [5, 5.41) is 2.81. The van der Waals surface area contributed by atoms with Crippen LogP contribution >= 0.6 is 0 Å². The second-order valence-electron chi connectivity index (χ2n) is 2.99. The molecule has 0 unspecified atom stereocenters. The molecule has 0 spiro atoms. The van der Waals surface area contributed by atoms with E-state index in [2.05, 4.69) is 10.3 Å². The van der Waals surface area contributed by atoms with Gasteiger partial charge in [-0.25, -0.2) is 0 Å². The van der Waals surface area contributed by atoms with E-state index in [1.807, 2.05) is 12.1 Å². The van der Waals surface area contributed by atoms with Gasteiger partial charge in [0.25, 0.3) is 0 Å². The first-order valence-electron chi connectivity index (χ1n) is 4.03. The number of pyridine rings is 1. The minimum atomic E-state index is 0.150. The number of hydrogen-bond acceptors (Lipinski definition) is 2. The van der Waals surface area contributed by atoms with E-state index >= 15 is 0 Å². The molecular formula is C9H10N2O. The zero-order valence-corrected chi connectivity index (χ0v) is 6.66. The normalized spacial score (nSPS) is 22.3. The second-order valence-corrected chi connectivity index (χ2v) is 2.99. The summed E-state index contributed by atoms with van der Waals surface area (Å²) in [6.45, 7) is 0.767. The first kappa shape index (κ1) is 7.28. The van der Waals surface area contributed by atoms with E-state index in [0.29, 0.717) is 12.3 Å². The number of aromatic nitrogens is 1. The molecule has 62 valence electrons. The Hall–Kier alpha value is -1.38. The topological polar surface area (TPSA) is 42.0 Å². The molecule has 3 nitrogen and oxygen atoms in total. The largest absolute Gasteiger partial charge is 0.355 e. The Kier molecular flexibility index (Phi) is 1.78. The fourth-order valence-electron chi connectivity index (χ4n) is 1.48. The van der Waals surface area contributed by atoms with Crippen molar-refractivity contribution in [1.29, 1.82) is 0 Å². The van der Waals surface area contributed by atoms with Crippen LogP contribution in [0.3, 0.4) is 0 Å². The van der Waals surface area contributed by atoms with E-state index in [-0.39, 0.29) is 5.91 Å². The van der Waals surface area contributed by atoms with Crippen molar-refractivity contribution in [3.05, 3.63) is 30.1 Å². The summed E-state index contributed by atoms with van der Waals surface area (Å²) < 4.78 is 0. The Morgan fingerprint density at radius 2 is 2.17 bits per heavy atom. The summed E-state index contributed by atoms with van der Waals surface area (Å²) in [5.74, 6) is 0.498. The van der Waals surface area contributed by atoms with Crippen LogP contribution in [0, 0.1) is 0 Å². The third kappa shape index (κ3) is 1.30. The lowest BCUT2D eigenvalue weighted by Crippen LogP contribution is -2.13. The van der Waals surface area contributed by atoms with Crippen molar-refractivity contribution in [3.8, 4) is 0 Å². The van der Waals surface area contributed by atoms with Crippen LogP contribution in [0.4, 0.5) is 0 Å². The van der Waals surface area contributed by atoms with Gasteiger partial charge in [-0.2, -0.15) is 0 Å². The Labute approximate surface area is 70.8 Å². The number of rotatable bonds is 1. The molecule has 2 heterocycles. The summed E-state index contributed by atoms with van der Waals surface area (Å²) in [7, 11) is 0. The van der Waals surface area contributed by atoms with E-state index < -0.39 is 0 Å². The molecule has 1 aliphatic heterocycles. The molecule has 1 aromatic heterocycles. The van der Waals surface area contributed by atoms with Crippen molar-refractivity contribution in [1.82, 2.24) is 10.3 Å². The molecule has 1 N–H and O–H groups in total. The van der Waals surface area contributed by atoms with Crippen molar-refractivity contribution in [3.63, 3.8) is 0 Å². The summed E-state index contributed by atoms with van der Waals surface area (Å²) in [4.78, 5) is 14.8. The molecule has 1 aliphatic rings. The van der Waals surface area contributed by atoms with Gasteiger partial charge in [-0.3, -0.25) is 9.78 Å². The van der Waals surface area contributed by atoms with Crippen LogP contribution in [0.2, 0.25) is 0 Å². The van der Waals surface area contributed by atoms with Gasteiger partial charge in [0.2, 0.25) is 5.91 Å². The van der Waals surface area contributed by atoms with Crippen molar-refractivity contribution < 1.29 is 4.79 Å². The third-order valence-corrected chi connectivity index (χ3v) is 2.15. The number of carbonyl (C=O) groups excluding carboxylic acids is 1. The molecule has 0 radical (unpaired) electrons. The van der Waals surface area contributed by atoms with Crippen molar-refractivity contribution in [2.45, 2.75) is 12.3 Å². The predicted octanol–water partition coefficient (Wildman–Crippen LogP) is 0.685. The molecule has 1 amide bonds. The molecule has 1 aromatic rings. The van der Waals surface area contributed by atoms with Crippen LogP contribution in [0.25, 0.3) is 0 Å². The number of carbonyl (C=O) groups is 1. The smallest absolute Gasteiger partial charge is 0.220 e. The Bertz CT molecular complexity index is 284. The lowest BCUT2D eigenvalue weighted by atomic mass is 10.00. The van der Waals surface area contributed by atoms with Crippen LogP contribution in [-0.2, 0) is 4.79 Å². The first-order valence-corrected chi connectivity index (χ1v) is 4.03. The molecule has 1 atom stereocenters. The van der Waals surface area contributed by atoms with Crippen LogP contribution in [0.1, 0.15) is 17.9 Å². The van der Waals surface area contributed by atoms with Gasteiger partial charge in [-0.05, 0) is 17.7 Å². The lowest BCUT2D eigenvalue weighted by Gasteiger charge is -2.05. The highest BCUT2D eigenvalue weighted by molar-refractivity contribution is 5.79. The first-order chi connectivity index (χ1) is 5.86. The van der Waals surface area contributed by atoms with Crippen molar-refractivity contribution in [2.75, 3.05) is 6.54 Å². The van der Waals surface area contributed by atoms with Gasteiger partial charge >= 0.3 is 0 Å². The fraction of sp³-hybridized carbons (Fsp3) is 0.333. The third-order valence-electron chi connectivity index (χ3n) is 2.15. The highest BCUT2D eigenvalue weighted by atomic mass is 16.1. The van der Waals surface area contributed by atoms with Crippen LogP contribution in [-0.4, -0.2) is 17.4 Å².